The molecular weight excluding hydrogens is 801 g/mol. The number of unbranched alkanes of at least 4 members (excludes halogenated alkanes) is 19. The van der Waals surface area contributed by atoms with Gasteiger partial charge in [0.15, 0.2) is 0 Å². The number of phosphoric ester groups is 1. The quantitative estimate of drug-likeness (QED) is 0.0164. The first-order chi connectivity index (χ1) is 29.3. The summed E-state index contributed by atoms with van der Waals surface area (Å²) in [4.78, 5) is 23.4. The Labute approximate surface area is 368 Å². The molecule has 0 radical (unpaired) electrons. The van der Waals surface area contributed by atoms with Gasteiger partial charge in [-0.3, -0.25) is 13.8 Å². The van der Waals surface area contributed by atoms with Crippen LogP contribution in [0, 0.1) is 0 Å². The molecule has 14 heteroatoms. The van der Waals surface area contributed by atoms with E-state index in [1.165, 1.54) is 83.1 Å². The second-order valence-electron chi connectivity index (χ2n) is 16.7. The first-order valence-electron chi connectivity index (χ1n) is 23.7. The van der Waals surface area contributed by atoms with Crippen molar-refractivity contribution in [2.24, 2.45) is 0 Å². The van der Waals surface area contributed by atoms with Crippen molar-refractivity contribution in [1.29, 1.82) is 0 Å². The maximum atomic E-state index is 13.0. The Balaban J connectivity index is 2.46. The van der Waals surface area contributed by atoms with Crippen molar-refractivity contribution in [3.63, 3.8) is 0 Å². The first kappa shape index (κ1) is 57.3. The highest BCUT2D eigenvalue weighted by atomic mass is 31.2. The molecule has 8 atom stereocenters. The molecule has 9 N–H and O–H groups in total. The molecule has 0 aromatic rings. The van der Waals surface area contributed by atoms with Gasteiger partial charge in [0.05, 0.1) is 31.3 Å². The number of phosphoric acid groups is 1. The van der Waals surface area contributed by atoms with E-state index in [1.54, 1.807) is 6.08 Å². The third kappa shape index (κ3) is 28.6. The van der Waals surface area contributed by atoms with Gasteiger partial charge in [-0.1, -0.05) is 159 Å². The molecule has 1 fully saturated rings. The van der Waals surface area contributed by atoms with Crippen molar-refractivity contribution in [1.82, 2.24) is 5.32 Å². The lowest BCUT2D eigenvalue weighted by atomic mass is 9.85. The molecule has 1 aliphatic rings. The van der Waals surface area contributed by atoms with Gasteiger partial charge in [-0.25, -0.2) is 4.57 Å². The van der Waals surface area contributed by atoms with Crippen LogP contribution < -0.4 is 5.32 Å². The maximum absolute atomic E-state index is 13.0. The highest BCUT2D eigenvalue weighted by Crippen LogP contribution is 2.47. The number of allylic oxidation sites excluding steroid dienone is 7. The Hall–Kier alpha value is -1.74. The third-order valence-corrected chi connectivity index (χ3v) is 12.1. The summed E-state index contributed by atoms with van der Waals surface area (Å²) in [6.45, 7) is 3.59. The molecule has 1 aliphatic carbocycles. The highest BCUT2D eigenvalue weighted by Gasteiger charge is 2.51. The van der Waals surface area contributed by atoms with Crippen LogP contribution in [0.15, 0.2) is 48.6 Å². The molecule has 8 unspecified atom stereocenters. The van der Waals surface area contributed by atoms with E-state index in [1.807, 2.05) is 6.08 Å². The number of hydrogen-bond donors (Lipinski definition) is 9. The Morgan fingerprint density at radius 3 is 1.52 bits per heavy atom. The van der Waals surface area contributed by atoms with Gasteiger partial charge in [-0.2, -0.15) is 0 Å². The zero-order valence-corrected chi connectivity index (χ0v) is 38.5. The average Bonchev–Trinajstić information content (AvgIpc) is 3.23. The predicted octanol–water partition coefficient (Wildman–Crippen LogP) is 7.92. The number of aliphatic hydroxyl groups excluding tert-OH is 7. The Morgan fingerprint density at radius 1 is 0.590 bits per heavy atom. The molecule has 356 valence electrons. The largest absolute Gasteiger partial charge is 0.472 e. The molecular formula is C47H86NO12P. The molecule has 61 heavy (non-hydrogen) atoms. The molecule has 0 bridgehead atoms. The number of aliphatic hydroxyl groups is 7. The fourth-order valence-electron chi connectivity index (χ4n) is 7.27. The van der Waals surface area contributed by atoms with Crippen molar-refractivity contribution >= 4 is 13.7 Å². The van der Waals surface area contributed by atoms with E-state index >= 15 is 0 Å². The number of rotatable bonds is 38. The molecule has 1 amide bonds. The molecule has 0 aromatic carbocycles. The van der Waals surface area contributed by atoms with E-state index in [9.17, 15) is 50.0 Å². The van der Waals surface area contributed by atoms with E-state index in [0.29, 0.717) is 19.3 Å². The van der Waals surface area contributed by atoms with Crippen LogP contribution in [0.5, 0.6) is 0 Å². The number of carbonyl (C=O) groups is 1. The van der Waals surface area contributed by atoms with Crippen molar-refractivity contribution in [2.45, 2.75) is 236 Å². The first-order valence-corrected chi connectivity index (χ1v) is 25.2. The molecule has 1 saturated carbocycles. The van der Waals surface area contributed by atoms with Gasteiger partial charge < -0.3 is 46.0 Å². The van der Waals surface area contributed by atoms with Gasteiger partial charge in [0, 0.05) is 0 Å². The van der Waals surface area contributed by atoms with Crippen molar-refractivity contribution in [2.75, 3.05) is 6.61 Å². The van der Waals surface area contributed by atoms with Crippen molar-refractivity contribution < 1.29 is 59.0 Å². The minimum absolute atomic E-state index is 0.263. The lowest BCUT2D eigenvalue weighted by Crippen LogP contribution is -2.64. The fourth-order valence-corrected chi connectivity index (χ4v) is 8.24. The molecule has 0 saturated heterocycles. The fraction of sp³-hybridized carbons (Fsp3) is 0.809. The summed E-state index contributed by atoms with van der Waals surface area (Å²) in [5, 5.41) is 74.3. The summed E-state index contributed by atoms with van der Waals surface area (Å²) in [6.07, 6.45) is 29.5. The summed E-state index contributed by atoms with van der Waals surface area (Å²) in [6, 6.07) is -1.27. The zero-order chi connectivity index (χ0) is 45.1. The Kier molecular flexibility index (Phi) is 34.3. The smallest absolute Gasteiger partial charge is 0.393 e. The number of amides is 1. The highest BCUT2D eigenvalue weighted by molar-refractivity contribution is 7.47. The van der Waals surface area contributed by atoms with Crippen LogP contribution in [0.1, 0.15) is 181 Å². The second-order valence-corrected chi connectivity index (χ2v) is 18.1. The normalized spacial score (nSPS) is 23.6. The summed E-state index contributed by atoms with van der Waals surface area (Å²) < 4.78 is 22.8. The van der Waals surface area contributed by atoms with Gasteiger partial charge in [0.1, 0.15) is 36.6 Å². The Morgan fingerprint density at radius 2 is 1.02 bits per heavy atom. The van der Waals surface area contributed by atoms with Gasteiger partial charge in [-0.15, -0.1) is 0 Å². The standard InChI is InChI=1S/C47H86NO12P/c1-3-5-7-9-11-13-15-16-17-18-19-20-21-22-23-24-25-26-28-30-32-34-38(49)36-41(51)48-39(40(50)35-33-31-29-27-14-12-10-8-6-4-2)37-59-61(57,58)60-47-45(55)43(53)42(52)44(54)46(47)56/h6,8,14,22-23,27,33,35,38-40,42-47,49-50,52-56H,3-5,7,9-13,15-21,24-26,28-32,34,36-37H2,1-2H3,(H,48,51)(H,57,58)/b8-6+,23-22-,27-14+,35-33+. The third-order valence-electron chi connectivity index (χ3n) is 11.1. The van der Waals surface area contributed by atoms with Gasteiger partial charge in [0.2, 0.25) is 5.91 Å². The van der Waals surface area contributed by atoms with Crippen LogP contribution in [0.4, 0.5) is 0 Å². The van der Waals surface area contributed by atoms with Crippen molar-refractivity contribution in [3.05, 3.63) is 48.6 Å². The van der Waals surface area contributed by atoms with E-state index in [0.717, 1.165) is 64.2 Å². The molecule has 0 aliphatic heterocycles. The van der Waals surface area contributed by atoms with E-state index in [2.05, 4.69) is 49.5 Å². The number of carbonyl (C=O) groups excluding carboxylic acids is 1. The van der Waals surface area contributed by atoms with Crippen LogP contribution in [0.25, 0.3) is 0 Å². The maximum Gasteiger partial charge on any atom is 0.472 e. The van der Waals surface area contributed by atoms with Crippen molar-refractivity contribution in [3.8, 4) is 0 Å². The van der Waals surface area contributed by atoms with Crippen LogP contribution in [-0.4, -0.2) is 108 Å². The molecule has 0 heterocycles. The van der Waals surface area contributed by atoms with Gasteiger partial charge in [-0.05, 0) is 64.2 Å². The lowest BCUT2D eigenvalue weighted by Gasteiger charge is -2.41. The second kappa shape index (κ2) is 36.6. The van der Waals surface area contributed by atoms with Crippen LogP contribution >= 0.6 is 7.82 Å². The van der Waals surface area contributed by atoms with Crippen LogP contribution in [0.2, 0.25) is 0 Å². The van der Waals surface area contributed by atoms with Gasteiger partial charge >= 0.3 is 7.82 Å². The topological polar surface area (TPSA) is 226 Å². The summed E-state index contributed by atoms with van der Waals surface area (Å²) in [5.74, 6) is -0.615. The van der Waals surface area contributed by atoms with Gasteiger partial charge in [0.25, 0.3) is 0 Å². The average molecular weight is 888 g/mol. The molecule has 1 rings (SSSR count). The Bertz CT molecular complexity index is 1230. The summed E-state index contributed by atoms with van der Waals surface area (Å²) >= 11 is 0. The molecule has 13 nitrogen and oxygen atoms in total. The minimum atomic E-state index is -5.15. The van der Waals surface area contributed by atoms with E-state index in [4.69, 9.17) is 9.05 Å². The molecule has 0 aromatic heterocycles. The van der Waals surface area contributed by atoms with Crippen LogP contribution in [0.3, 0.4) is 0 Å². The monoisotopic (exact) mass is 888 g/mol. The number of nitrogens with one attached hydrogen (secondary N) is 1. The lowest BCUT2D eigenvalue weighted by molar-refractivity contribution is -0.220. The number of hydrogen-bond acceptors (Lipinski definition) is 11. The summed E-state index contributed by atoms with van der Waals surface area (Å²) in [7, 11) is -5.15. The van der Waals surface area contributed by atoms with Crippen LogP contribution in [-0.2, 0) is 18.4 Å². The minimum Gasteiger partial charge on any atom is -0.393 e. The zero-order valence-electron chi connectivity index (χ0n) is 37.6. The summed E-state index contributed by atoms with van der Waals surface area (Å²) in [5.41, 5.74) is 0. The SMILES string of the molecule is CC/C=C/CC/C=C/CC/C=C/C(O)C(COP(=O)(O)OC1C(O)C(O)C(O)C(O)C1O)NC(=O)CC(O)CCCCCCC/C=C\CCCCCCCCCCCCCC. The van der Waals surface area contributed by atoms with E-state index < -0.39 is 75.2 Å². The van der Waals surface area contributed by atoms with E-state index in [-0.39, 0.29) is 6.42 Å². The molecule has 0 spiro atoms. The predicted molar refractivity (Wildman–Crippen MR) is 243 cm³/mol.